The minimum atomic E-state index is -1.41. The van der Waals surface area contributed by atoms with Gasteiger partial charge >= 0.3 is 0 Å². The van der Waals surface area contributed by atoms with Gasteiger partial charge in [-0.25, -0.2) is 0 Å². The van der Waals surface area contributed by atoms with Gasteiger partial charge in [-0.3, -0.25) is 4.79 Å². The maximum atomic E-state index is 13.4. The van der Waals surface area contributed by atoms with Gasteiger partial charge in [-0.05, 0) is 37.7 Å². The Morgan fingerprint density at radius 1 is 1.20 bits per heavy atom. The van der Waals surface area contributed by atoms with E-state index in [2.05, 4.69) is 47.9 Å². The van der Waals surface area contributed by atoms with Crippen LogP contribution in [0, 0.1) is 12.8 Å². The summed E-state index contributed by atoms with van der Waals surface area (Å²) in [5, 5.41) is 36.7. The molecule has 2 fully saturated rings. The number of ether oxygens (including phenoxy) is 2. The number of halogens is 1. The fourth-order valence-corrected chi connectivity index (χ4v) is 5.98. The highest BCUT2D eigenvalue weighted by Crippen LogP contribution is 2.32. The Morgan fingerprint density at radius 3 is 2.57 bits per heavy atom. The predicted molar refractivity (Wildman–Crippen MR) is 136 cm³/mol. The average Bonchev–Trinajstić information content (AvgIpc) is 3.12. The van der Waals surface area contributed by atoms with Crippen molar-refractivity contribution in [1.82, 2.24) is 10.6 Å². The van der Waals surface area contributed by atoms with E-state index in [0.29, 0.717) is 13.2 Å². The largest absolute Gasteiger partial charge is 0.388 e. The monoisotopic (exact) mass is 526 g/mol. The second-order valence-electron chi connectivity index (χ2n) is 9.58. The molecule has 1 aromatic rings. The molecular weight excluding hydrogens is 492 g/mol. The van der Waals surface area contributed by atoms with E-state index >= 15 is 0 Å². The number of fused-ring (bicyclic) bond motifs is 1. The molecule has 3 heterocycles. The third-order valence-corrected chi connectivity index (χ3v) is 8.25. The van der Waals surface area contributed by atoms with E-state index < -0.39 is 47.3 Å². The molecule has 0 aliphatic carbocycles. The van der Waals surface area contributed by atoms with E-state index in [9.17, 15) is 20.1 Å². The first kappa shape index (κ1) is 26.9. The topological polar surface area (TPSA) is 120 Å². The zero-order valence-electron chi connectivity index (χ0n) is 20.1. The number of carbonyl (C=O) groups excluding carboxylic acids is 1. The summed E-state index contributed by atoms with van der Waals surface area (Å²) in [4.78, 5) is 13.4. The van der Waals surface area contributed by atoms with Crippen LogP contribution < -0.4 is 10.6 Å². The SMILES string of the molecule is CSC1O[C@H]([C@H](NC(=O)[C@H]2NC[C@@H]3C=C(c4ccc(C)cc4)CCO[C@@H]23)[C@H](C)Cl)C(O)[C@@H](O)[C@H]1O. The number of hydrogen-bond acceptors (Lipinski definition) is 8. The van der Waals surface area contributed by atoms with Crippen molar-refractivity contribution in [3.05, 3.63) is 41.5 Å². The predicted octanol–water partition coefficient (Wildman–Crippen LogP) is 1.04. The van der Waals surface area contributed by atoms with Crippen LogP contribution in [0.5, 0.6) is 0 Å². The number of aliphatic hydroxyl groups excluding tert-OH is 3. The Balaban J connectivity index is 1.47. The zero-order chi connectivity index (χ0) is 25.3. The van der Waals surface area contributed by atoms with E-state index in [1.807, 2.05) is 0 Å². The number of rotatable bonds is 6. The van der Waals surface area contributed by atoms with Crippen molar-refractivity contribution in [3.8, 4) is 0 Å². The molecule has 0 spiro atoms. The van der Waals surface area contributed by atoms with E-state index in [1.165, 1.54) is 22.9 Å². The Labute approximate surface area is 215 Å². The number of amides is 1. The molecule has 0 saturated carbocycles. The van der Waals surface area contributed by atoms with Gasteiger partial charge in [0.15, 0.2) is 0 Å². The Bertz CT molecular complexity index is 914. The van der Waals surface area contributed by atoms with Gasteiger partial charge in [0.2, 0.25) is 5.91 Å². The summed E-state index contributed by atoms with van der Waals surface area (Å²) in [5.74, 6) is -0.273. The fraction of sp³-hybridized carbons (Fsp3) is 0.640. The molecule has 3 aliphatic rings. The summed E-state index contributed by atoms with van der Waals surface area (Å²) in [7, 11) is 0. The third kappa shape index (κ3) is 5.72. The Kier molecular flexibility index (Phi) is 8.82. The quantitative estimate of drug-likeness (QED) is 0.349. The summed E-state index contributed by atoms with van der Waals surface area (Å²) < 4.78 is 12.0. The summed E-state index contributed by atoms with van der Waals surface area (Å²) in [6.07, 6.45) is -0.677. The van der Waals surface area contributed by atoms with Crippen LogP contribution in [0.1, 0.15) is 24.5 Å². The number of alkyl halides is 1. The van der Waals surface area contributed by atoms with Crippen LogP contribution in [0.25, 0.3) is 5.57 Å². The van der Waals surface area contributed by atoms with E-state index in [-0.39, 0.29) is 17.9 Å². The smallest absolute Gasteiger partial charge is 0.240 e. The van der Waals surface area contributed by atoms with Gasteiger partial charge in [0, 0.05) is 12.5 Å². The van der Waals surface area contributed by atoms with Crippen molar-refractivity contribution in [3.63, 3.8) is 0 Å². The standard InChI is InChI=1S/C25H35ClN2O6S/c1-12-4-6-14(7-5-12)15-8-9-33-22-16(10-15)11-27-18(22)24(32)28-17(13(2)26)23-20(30)19(29)21(31)25(34-23)35-3/h4-7,10,13,16-23,25,27,29-31H,8-9,11H2,1-3H3,(H,28,32)/t13-,16-,17+,18-,19+,20?,21+,22+,23+,25?/m0/s1. The Morgan fingerprint density at radius 2 is 1.91 bits per heavy atom. The van der Waals surface area contributed by atoms with Crippen molar-refractivity contribution < 1.29 is 29.6 Å². The van der Waals surface area contributed by atoms with Crippen molar-refractivity contribution in [2.45, 2.75) is 73.7 Å². The molecule has 3 aliphatic heterocycles. The molecule has 4 rings (SSSR count). The first-order valence-electron chi connectivity index (χ1n) is 12.0. The summed E-state index contributed by atoms with van der Waals surface area (Å²) in [5.41, 5.74) is 2.83. The second kappa shape index (κ2) is 11.5. The van der Waals surface area contributed by atoms with Gasteiger partial charge in [0.1, 0.15) is 35.9 Å². The van der Waals surface area contributed by atoms with Crippen LogP contribution in [0.15, 0.2) is 30.3 Å². The molecule has 0 bridgehead atoms. The van der Waals surface area contributed by atoms with E-state index in [1.54, 1.807) is 13.2 Å². The lowest BCUT2D eigenvalue weighted by atomic mass is 9.92. The van der Waals surface area contributed by atoms with Crippen LogP contribution in [-0.2, 0) is 14.3 Å². The normalized spacial score (nSPS) is 37.1. The highest BCUT2D eigenvalue weighted by atomic mass is 35.5. The van der Waals surface area contributed by atoms with E-state index in [0.717, 1.165) is 12.0 Å². The van der Waals surface area contributed by atoms with Gasteiger partial charge in [0.25, 0.3) is 0 Å². The maximum Gasteiger partial charge on any atom is 0.240 e. The van der Waals surface area contributed by atoms with Crippen LogP contribution in [0.3, 0.4) is 0 Å². The van der Waals surface area contributed by atoms with E-state index in [4.69, 9.17) is 21.1 Å². The molecule has 10 atom stereocenters. The number of carbonyl (C=O) groups is 1. The molecule has 0 radical (unpaired) electrons. The average molecular weight is 527 g/mol. The van der Waals surface area contributed by atoms with Crippen molar-refractivity contribution >= 4 is 34.8 Å². The highest BCUT2D eigenvalue weighted by molar-refractivity contribution is 7.99. The Hall–Kier alpha value is -1.17. The molecule has 8 nitrogen and oxygen atoms in total. The summed E-state index contributed by atoms with van der Waals surface area (Å²) >= 11 is 7.63. The van der Waals surface area contributed by atoms with Crippen LogP contribution >= 0.6 is 23.4 Å². The molecule has 194 valence electrons. The lowest BCUT2D eigenvalue weighted by Gasteiger charge is -2.44. The third-order valence-electron chi connectivity index (χ3n) is 7.12. The molecule has 1 aromatic carbocycles. The van der Waals surface area contributed by atoms with Crippen molar-refractivity contribution in [2.24, 2.45) is 5.92 Å². The van der Waals surface area contributed by atoms with Gasteiger partial charge < -0.3 is 35.4 Å². The number of benzene rings is 1. The molecule has 0 aromatic heterocycles. The van der Waals surface area contributed by atoms with Gasteiger partial charge in [0.05, 0.1) is 24.1 Å². The van der Waals surface area contributed by atoms with Crippen LogP contribution in [-0.4, -0.2) is 94.1 Å². The lowest BCUT2D eigenvalue weighted by molar-refractivity contribution is -0.205. The first-order valence-corrected chi connectivity index (χ1v) is 13.7. The zero-order valence-corrected chi connectivity index (χ0v) is 21.7. The number of hydrogen-bond donors (Lipinski definition) is 5. The van der Waals surface area contributed by atoms with Gasteiger partial charge in [-0.15, -0.1) is 23.4 Å². The number of thioether (sulfide) groups is 1. The molecule has 2 unspecified atom stereocenters. The number of nitrogens with one attached hydrogen (secondary N) is 2. The highest BCUT2D eigenvalue weighted by Gasteiger charge is 2.49. The second-order valence-corrected chi connectivity index (χ2v) is 11.2. The number of aryl methyl sites for hydroxylation is 1. The lowest BCUT2D eigenvalue weighted by Crippen LogP contribution is -2.65. The van der Waals surface area contributed by atoms with Crippen molar-refractivity contribution in [2.75, 3.05) is 19.4 Å². The first-order chi connectivity index (χ1) is 16.7. The van der Waals surface area contributed by atoms with Crippen molar-refractivity contribution in [1.29, 1.82) is 0 Å². The summed E-state index contributed by atoms with van der Waals surface area (Å²) in [6.45, 7) is 4.86. The summed E-state index contributed by atoms with van der Waals surface area (Å²) in [6, 6.07) is 7.03. The van der Waals surface area contributed by atoms with Gasteiger partial charge in [-0.1, -0.05) is 35.9 Å². The molecule has 1 amide bonds. The minimum absolute atomic E-state index is 0.0331. The van der Waals surface area contributed by atoms with Crippen LogP contribution in [0.2, 0.25) is 0 Å². The maximum absolute atomic E-state index is 13.4. The fourth-order valence-electron chi connectivity index (χ4n) is 5.09. The molecule has 35 heavy (non-hydrogen) atoms. The molecule has 5 N–H and O–H groups in total. The van der Waals surface area contributed by atoms with Crippen LogP contribution in [0.4, 0.5) is 0 Å². The molecule has 10 heteroatoms. The molecular formula is C25H35ClN2O6S. The molecule has 2 saturated heterocycles. The number of aliphatic hydroxyl groups is 3. The van der Waals surface area contributed by atoms with Gasteiger partial charge in [-0.2, -0.15) is 0 Å². The minimum Gasteiger partial charge on any atom is -0.388 e.